The Morgan fingerprint density at radius 2 is 1.80 bits per heavy atom. The monoisotopic (exact) mass is 216 g/mol. The average molecular weight is 216 g/mol. The van der Waals surface area contributed by atoms with E-state index in [0.717, 1.165) is 12.8 Å². The zero-order valence-electron chi connectivity index (χ0n) is 9.62. The lowest BCUT2D eigenvalue weighted by Gasteiger charge is -2.23. The normalized spacial score (nSPS) is 10.1. The minimum atomic E-state index is -0.989. The molecule has 0 unspecified atom stereocenters. The predicted octanol–water partition coefficient (Wildman–Crippen LogP) is 1.29. The maximum atomic E-state index is 11.6. The standard InChI is InChI=1S/C10H20N2O3/c1-4-8(5-2)11-10(15)12(6-3)7-9(13)14/h8H,4-7H2,1-3H3,(H,11,15)(H,13,14). The van der Waals surface area contributed by atoms with Crippen LogP contribution in [0.2, 0.25) is 0 Å². The van der Waals surface area contributed by atoms with Gasteiger partial charge in [0.1, 0.15) is 6.54 Å². The van der Waals surface area contributed by atoms with Crippen molar-refractivity contribution in [1.82, 2.24) is 10.2 Å². The molecule has 0 saturated carbocycles. The van der Waals surface area contributed by atoms with Crippen LogP contribution in [-0.2, 0) is 4.79 Å². The fraction of sp³-hybridized carbons (Fsp3) is 0.800. The van der Waals surface area contributed by atoms with E-state index in [-0.39, 0.29) is 18.6 Å². The molecule has 0 rings (SSSR count). The summed E-state index contributed by atoms with van der Waals surface area (Å²) in [6, 6.07) is -0.172. The number of hydrogen-bond acceptors (Lipinski definition) is 2. The number of carbonyl (C=O) groups excluding carboxylic acids is 1. The van der Waals surface area contributed by atoms with E-state index >= 15 is 0 Å². The van der Waals surface area contributed by atoms with Crippen LogP contribution in [0.5, 0.6) is 0 Å². The molecule has 0 aromatic carbocycles. The van der Waals surface area contributed by atoms with Gasteiger partial charge in [-0.25, -0.2) is 4.79 Å². The number of urea groups is 1. The number of aliphatic carboxylic acids is 1. The molecule has 2 amide bonds. The smallest absolute Gasteiger partial charge is 0.323 e. The molecular formula is C10H20N2O3. The second kappa shape index (κ2) is 7.09. The second-order valence-corrected chi connectivity index (χ2v) is 3.37. The average Bonchev–Trinajstić information content (AvgIpc) is 2.21. The number of hydrogen-bond donors (Lipinski definition) is 2. The number of carboxylic acid groups (broad SMARTS) is 1. The van der Waals surface area contributed by atoms with Crippen molar-refractivity contribution in [2.75, 3.05) is 13.1 Å². The van der Waals surface area contributed by atoms with E-state index in [0.29, 0.717) is 6.54 Å². The van der Waals surface area contributed by atoms with E-state index < -0.39 is 5.97 Å². The third-order valence-electron chi connectivity index (χ3n) is 2.31. The number of nitrogens with zero attached hydrogens (tertiary/aromatic N) is 1. The summed E-state index contributed by atoms with van der Waals surface area (Å²) in [7, 11) is 0. The lowest BCUT2D eigenvalue weighted by atomic mass is 10.2. The van der Waals surface area contributed by atoms with Crippen LogP contribution in [-0.4, -0.2) is 41.1 Å². The summed E-state index contributed by atoms with van der Waals surface area (Å²) in [5.41, 5.74) is 0. The molecular weight excluding hydrogens is 196 g/mol. The zero-order chi connectivity index (χ0) is 11.8. The molecule has 0 atom stereocenters. The highest BCUT2D eigenvalue weighted by Crippen LogP contribution is 1.98. The molecule has 5 heteroatoms. The highest BCUT2D eigenvalue weighted by atomic mass is 16.4. The fourth-order valence-corrected chi connectivity index (χ4v) is 1.25. The van der Waals surface area contributed by atoms with Gasteiger partial charge in [-0.05, 0) is 19.8 Å². The summed E-state index contributed by atoms with van der Waals surface area (Å²) in [5.74, 6) is -0.989. The first-order valence-electron chi connectivity index (χ1n) is 5.32. The van der Waals surface area contributed by atoms with Gasteiger partial charge >= 0.3 is 12.0 Å². The number of nitrogens with one attached hydrogen (secondary N) is 1. The maximum Gasteiger partial charge on any atom is 0.323 e. The largest absolute Gasteiger partial charge is 0.480 e. The molecule has 0 radical (unpaired) electrons. The summed E-state index contributed by atoms with van der Waals surface area (Å²) >= 11 is 0. The molecule has 5 nitrogen and oxygen atoms in total. The molecule has 0 saturated heterocycles. The number of carbonyl (C=O) groups is 2. The topological polar surface area (TPSA) is 69.6 Å². The van der Waals surface area contributed by atoms with E-state index in [2.05, 4.69) is 5.32 Å². The maximum absolute atomic E-state index is 11.6. The summed E-state index contributed by atoms with van der Waals surface area (Å²) in [5, 5.41) is 11.4. The third kappa shape index (κ3) is 5.24. The van der Waals surface area contributed by atoms with Crippen molar-refractivity contribution in [3.05, 3.63) is 0 Å². The molecule has 0 aliphatic heterocycles. The fourth-order valence-electron chi connectivity index (χ4n) is 1.25. The SMILES string of the molecule is CCC(CC)NC(=O)N(CC)CC(=O)O. The van der Waals surface area contributed by atoms with Crippen LogP contribution in [0.4, 0.5) is 4.79 Å². The lowest BCUT2D eigenvalue weighted by molar-refractivity contribution is -0.137. The van der Waals surface area contributed by atoms with E-state index in [4.69, 9.17) is 5.11 Å². The summed E-state index contributed by atoms with van der Waals surface area (Å²) in [6.45, 7) is 5.89. The first kappa shape index (κ1) is 13.7. The van der Waals surface area contributed by atoms with Crippen LogP contribution in [0, 0.1) is 0 Å². The Balaban J connectivity index is 4.19. The van der Waals surface area contributed by atoms with Crippen LogP contribution in [0.1, 0.15) is 33.6 Å². The van der Waals surface area contributed by atoms with Gasteiger partial charge in [-0.1, -0.05) is 13.8 Å². The zero-order valence-corrected chi connectivity index (χ0v) is 9.62. The van der Waals surface area contributed by atoms with Crippen molar-refractivity contribution in [2.45, 2.75) is 39.7 Å². The van der Waals surface area contributed by atoms with Crippen molar-refractivity contribution in [3.63, 3.8) is 0 Å². The molecule has 0 aromatic rings. The van der Waals surface area contributed by atoms with Gasteiger partial charge in [0, 0.05) is 12.6 Å². The van der Waals surface area contributed by atoms with Crippen LogP contribution >= 0.6 is 0 Å². The van der Waals surface area contributed by atoms with Crippen LogP contribution in [0.15, 0.2) is 0 Å². The lowest BCUT2D eigenvalue weighted by Crippen LogP contribution is -2.46. The van der Waals surface area contributed by atoms with Crippen molar-refractivity contribution in [2.24, 2.45) is 0 Å². The molecule has 0 fully saturated rings. The molecule has 15 heavy (non-hydrogen) atoms. The van der Waals surface area contributed by atoms with Crippen molar-refractivity contribution in [1.29, 1.82) is 0 Å². The van der Waals surface area contributed by atoms with E-state index in [9.17, 15) is 9.59 Å². The first-order chi connectivity index (χ1) is 7.04. The summed E-state index contributed by atoms with van der Waals surface area (Å²) in [4.78, 5) is 23.3. The van der Waals surface area contributed by atoms with Gasteiger partial charge in [-0.2, -0.15) is 0 Å². The molecule has 0 aromatic heterocycles. The van der Waals surface area contributed by atoms with Crippen molar-refractivity contribution >= 4 is 12.0 Å². The molecule has 2 N–H and O–H groups in total. The predicted molar refractivity (Wildman–Crippen MR) is 57.8 cm³/mol. The van der Waals surface area contributed by atoms with Gasteiger partial charge in [0.2, 0.25) is 0 Å². The number of likely N-dealkylation sites (N-methyl/N-ethyl adjacent to an activating group) is 1. The Kier molecular flexibility index (Phi) is 6.49. The van der Waals surface area contributed by atoms with Crippen molar-refractivity contribution < 1.29 is 14.7 Å². The number of carboxylic acids is 1. The van der Waals surface area contributed by atoms with Gasteiger partial charge in [0.05, 0.1) is 0 Å². The van der Waals surface area contributed by atoms with Crippen LogP contribution in [0.3, 0.4) is 0 Å². The van der Waals surface area contributed by atoms with E-state index in [1.54, 1.807) is 6.92 Å². The van der Waals surface area contributed by atoms with Crippen LogP contribution < -0.4 is 5.32 Å². The Labute approximate surface area is 90.5 Å². The molecule has 0 aliphatic rings. The minimum Gasteiger partial charge on any atom is -0.480 e. The molecule has 0 aliphatic carbocycles. The third-order valence-corrected chi connectivity index (χ3v) is 2.31. The van der Waals surface area contributed by atoms with Crippen molar-refractivity contribution in [3.8, 4) is 0 Å². The summed E-state index contributed by atoms with van der Waals surface area (Å²) in [6.07, 6.45) is 1.71. The Hall–Kier alpha value is -1.26. The van der Waals surface area contributed by atoms with Gasteiger partial charge in [0.25, 0.3) is 0 Å². The van der Waals surface area contributed by atoms with Gasteiger partial charge in [-0.15, -0.1) is 0 Å². The highest BCUT2D eigenvalue weighted by molar-refractivity contribution is 5.80. The van der Waals surface area contributed by atoms with E-state index in [1.165, 1.54) is 4.90 Å². The first-order valence-corrected chi connectivity index (χ1v) is 5.32. The quantitative estimate of drug-likeness (QED) is 0.703. The highest BCUT2D eigenvalue weighted by Gasteiger charge is 2.16. The number of rotatable bonds is 6. The van der Waals surface area contributed by atoms with Crippen LogP contribution in [0.25, 0.3) is 0 Å². The Morgan fingerprint density at radius 3 is 2.13 bits per heavy atom. The molecule has 88 valence electrons. The second-order valence-electron chi connectivity index (χ2n) is 3.37. The van der Waals surface area contributed by atoms with Gasteiger partial charge < -0.3 is 15.3 Å². The minimum absolute atomic E-state index is 0.125. The van der Waals surface area contributed by atoms with E-state index in [1.807, 2.05) is 13.8 Å². The molecule has 0 spiro atoms. The summed E-state index contributed by atoms with van der Waals surface area (Å²) < 4.78 is 0. The van der Waals surface area contributed by atoms with Gasteiger partial charge in [-0.3, -0.25) is 4.79 Å². The molecule has 0 bridgehead atoms. The van der Waals surface area contributed by atoms with Gasteiger partial charge in [0.15, 0.2) is 0 Å². The molecule has 0 heterocycles. The Bertz CT molecular complexity index is 215. The number of amides is 2. The Morgan fingerprint density at radius 1 is 1.27 bits per heavy atom.